The summed E-state index contributed by atoms with van der Waals surface area (Å²) >= 11 is 5.78. The number of nitrogens with zero attached hydrogens (tertiary/aromatic N) is 1. The predicted octanol–water partition coefficient (Wildman–Crippen LogP) is 3.70. The van der Waals surface area contributed by atoms with E-state index in [2.05, 4.69) is 5.32 Å². The molecule has 0 aliphatic carbocycles. The lowest BCUT2D eigenvalue weighted by Crippen LogP contribution is -2.49. The van der Waals surface area contributed by atoms with E-state index >= 15 is 0 Å². The van der Waals surface area contributed by atoms with E-state index in [0.717, 1.165) is 11.6 Å². The molecule has 1 aliphatic heterocycles. The molecule has 3 rings (SSSR count). The van der Waals surface area contributed by atoms with Crippen molar-refractivity contribution in [2.75, 3.05) is 26.7 Å². The summed E-state index contributed by atoms with van der Waals surface area (Å²) in [4.78, 5) is 14.6. The molecule has 0 aromatic heterocycles. The van der Waals surface area contributed by atoms with Crippen LogP contribution < -0.4 is 10.1 Å². The molecule has 0 radical (unpaired) electrons. The average Bonchev–Trinajstić information content (AvgIpc) is 2.61. The third-order valence-corrected chi connectivity index (χ3v) is 4.40. The smallest absolute Gasteiger partial charge is 0.257 e. The molecular formula is C18H19Cl2FN2O2. The van der Waals surface area contributed by atoms with E-state index in [0.29, 0.717) is 25.4 Å². The van der Waals surface area contributed by atoms with E-state index < -0.39 is 5.82 Å². The minimum atomic E-state index is -0.607. The number of halogens is 3. The lowest BCUT2D eigenvalue weighted by molar-refractivity contribution is 0.0627. The van der Waals surface area contributed by atoms with Gasteiger partial charge in [0.05, 0.1) is 18.7 Å². The van der Waals surface area contributed by atoms with Gasteiger partial charge < -0.3 is 15.0 Å². The molecule has 7 heteroatoms. The second kappa shape index (κ2) is 8.52. The molecule has 134 valence electrons. The number of carbonyl (C=O) groups excluding carboxylic acids is 1. The number of amides is 1. The minimum absolute atomic E-state index is 0. The third kappa shape index (κ3) is 4.06. The van der Waals surface area contributed by atoms with E-state index in [9.17, 15) is 9.18 Å². The van der Waals surface area contributed by atoms with Crippen LogP contribution in [0.1, 0.15) is 22.0 Å². The van der Waals surface area contributed by atoms with Gasteiger partial charge in [0.2, 0.25) is 0 Å². The van der Waals surface area contributed by atoms with Crippen LogP contribution in [0.2, 0.25) is 5.02 Å². The van der Waals surface area contributed by atoms with Gasteiger partial charge in [-0.05, 0) is 24.3 Å². The fourth-order valence-electron chi connectivity index (χ4n) is 2.98. The number of nitrogens with one attached hydrogen (secondary N) is 1. The second-order valence-electron chi connectivity index (χ2n) is 5.58. The van der Waals surface area contributed by atoms with Crippen molar-refractivity contribution < 1.29 is 13.9 Å². The van der Waals surface area contributed by atoms with Crippen molar-refractivity contribution in [3.05, 3.63) is 64.4 Å². The van der Waals surface area contributed by atoms with Crippen LogP contribution in [0.4, 0.5) is 4.39 Å². The Morgan fingerprint density at radius 2 is 2.08 bits per heavy atom. The zero-order chi connectivity index (χ0) is 17.1. The number of piperazine rings is 1. The molecule has 1 amide bonds. The Bertz CT molecular complexity index is 758. The second-order valence-corrected chi connectivity index (χ2v) is 6.02. The highest BCUT2D eigenvalue weighted by Gasteiger charge is 2.31. The molecule has 4 nitrogen and oxygen atoms in total. The van der Waals surface area contributed by atoms with Gasteiger partial charge in [0.1, 0.15) is 11.6 Å². The highest BCUT2D eigenvalue weighted by atomic mass is 35.5. The van der Waals surface area contributed by atoms with Gasteiger partial charge in [-0.2, -0.15) is 0 Å². The number of hydrogen-bond acceptors (Lipinski definition) is 3. The average molecular weight is 385 g/mol. The van der Waals surface area contributed by atoms with Crippen molar-refractivity contribution in [2.45, 2.75) is 6.04 Å². The number of benzene rings is 2. The molecular weight excluding hydrogens is 366 g/mol. The molecule has 1 heterocycles. The first-order valence-electron chi connectivity index (χ1n) is 7.71. The van der Waals surface area contributed by atoms with E-state index in [1.54, 1.807) is 12.0 Å². The van der Waals surface area contributed by atoms with Crippen molar-refractivity contribution >= 4 is 29.9 Å². The molecule has 1 atom stereocenters. The molecule has 0 spiro atoms. The van der Waals surface area contributed by atoms with E-state index in [1.807, 2.05) is 24.3 Å². The topological polar surface area (TPSA) is 41.6 Å². The van der Waals surface area contributed by atoms with Gasteiger partial charge in [0.25, 0.3) is 5.91 Å². The Morgan fingerprint density at radius 1 is 1.32 bits per heavy atom. The van der Waals surface area contributed by atoms with E-state index in [-0.39, 0.29) is 34.9 Å². The quantitative estimate of drug-likeness (QED) is 0.876. The lowest BCUT2D eigenvalue weighted by Gasteiger charge is -2.37. The fraction of sp³-hybridized carbons (Fsp3) is 0.278. The summed E-state index contributed by atoms with van der Waals surface area (Å²) in [6, 6.07) is 11.5. The molecule has 1 unspecified atom stereocenters. The van der Waals surface area contributed by atoms with Crippen molar-refractivity contribution in [1.82, 2.24) is 10.2 Å². The molecule has 2 aromatic rings. The zero-order valence-corrected chi connectivity index (χ0v) is 15.2. The molecule has 1 saturated heterocycles. The number of carbonyl (C=O) groups is 1. The minimum Gasteiger partial charge on any atom is -0.496 e. The first-order chi connectivity index (χ1) is 11.6. The van der Waals surface area contributed by atoms with E-state index in [4.69, 9.17) is 16.3 Å². The summed E-state index contributed by atoms with van der Waals surface area (Å²) < 4.78 is 19.6. The summed E-state index contributed by atoms with van der Waals surface area (Å²) in [5, 5.41) is 3.55. The Morgan fingerprint density at radius 3 is 2.80 bits per heavy atom. The van der Waals surface area contributed by atoms with Crippen LogP contribution in [0.3, 0.4) is 0 Å². The number of para-hydroxylation sites is 1. The highest BCUT2D eigenvalue weighted by Crippen LogP contribution is 2.31. The van der Waals surface area contributed by atoms with Gasteiger partial charge in [-0.1, -0.05) is 29.8 Å². The number of methoxy groups -OCH3 is 1. The maximum atomic E-state index is 14.2. The molecule has 1 fully saturated rings. The Labute approximate surface area is 157 Å². The van der Waals surface area contributed by atoms with E-state index in [1.165, 1.54) is 12.1 Å². The standard InChI is InChI=1S/C18H18ClFN2O2.ClH/c1-24-17-5-3-2-4-14(17)16-11-21-8-9-22(16)18(23)13-7-6-12(19)10-15(13)20;/h2-7,10,16,21H,8-9,11H2,1H3;1H. The summed E-state index contributed by atoms with van der Waals surface area (Å²) in [6.07, 6.45) is 0. The van der Waals surface area contributed by atoms with Gasteiger partial charge in [0, 0.05) is 30.2 Å². The number of rotatable bonds is 3. The maximum Gasteiger partial charge on any atom is 0.257 e. The van der Waals surface area contributed by atoms with Crippen LogP contribution in [-0.2, 0) is 0 Å². The Hall–Kier alpha value is -1.82. The van der Waals surface area contributed by atoms with Crippen LogP contribution in [0, 0.1) is 5.82 Å². The molecule has 1 aliphatic rings. The monoisotopic (exact) mass is 384 g/mol. The molecule has 0 bridgehead atoms. The third-order valence-electron chi connectivity index (χ3n) is 4.16. The van der Waals surface area contributed by atoms with Gasteiger partial charge in [-0.25, -0.2) is 4.39 Å². The number of ether oxygens (including phenoxy) is 1. The first-order valence-corrected chi connectivity index (χ1v) is 8.09. The molecule has 2 aromatic carbocycles. The summed E-state index contributed by atoms with van der Waals surface area (Å²) in [6.45, 7) is 1.73. The van der Waals surface area contributed by atoms with Crippen LogP contribution in [0.15, 0.2) is 42.5 Å². The number of hydrogen-bond donors (Lipinski definition) is 1. The van der Waals surface area contributed by atoms with Crippen molar-refractivity contribution in [1.29, 1.82) is 0 Å². The maximum absolute atomic E-state index is 14.2. The van der Waals surface area contributed by atoms with Crippen LogP contribution in [-0.4, -0.2) is 37.6 Å². The SMILES string of the molecule is COc1ccccc1C1CNCCN1C(=O)c1ccc(Cl)cc1F.Cl. The summed E-state index contributed by atoms with van der Waals surface area (Å²) in [7, 11) is 1.60. The first kappa shape index (κ1) is 19.5. The Balaban J connectivity index is 0.00000225. The van der Waals surface area contributed by atoms with Crippen LogP contribution >= 0.6 is 24.0 Å². The fourth-order valence-corrected chi connectivity index (χ4v) is 3.14. The van der Waals surface area contributed by atoms with Gasteiger partial charge in [-0.15, -0.1) is 12.4 Å². The van der Waals surface area contributed by atoms with Gasteiger partial charge >= 0.3 is 0 Å². The lowest BCUT2D eigenvalue weighted by atomic mass is 10.0. The van der Waals surface area contributed by atoms with Crippen LogP contribution in [0.25, 0.3) is 0 Å². The summed E-state index contributed by atoms with van der Waals surface area (Å²) in [5.74, 6) is -0.244. The Kier molecular flexibility index (Phi) is 6.64. The van der Waals surface area contributed by atoms with Gasteiger partial charge in [-0.3, -0.25) is 4.79 Å². The highest BCUT2D eigenvalue weighted by molar-refractivity contribution is 6.30. The molecule has 0 saturated carbocycles. The van der Waals surface area contributed by atoms with Crippen LogP contribution in [0.5, 0.6) is 5.75 Å². The van der Waals surface area contributed by atoms with Crippen molar-refractivity contribution in [3.63, 3.8) is 0 Å². The normalized spacial score (nSPS) is 16.9. The van der Waals surface area contributed by atoms with Crippen molar-refractivity contribution in [3.8, 4) is 5.75 Å². The molecule has 1 N–H and O–H groups in total. The van der Waals surface area contributed by atoms with Gasteiger partial charge in [0.15, 0.2) is 0 Å². The summed E-state index contributed by atoms with van der Waals surface area (Å²) in [5.41, 5.74) is 0.927. The predicted molar refractivity (Wildman–Crippen MR) is 98.3 cm³/mol. The molecule has 25 heavy (non-hydrogen) atoms. The largest absolute Gasteiger partial charge is 0.496 e. The zero-order valence-electron chi connectivity index (χ0n) is 13.7. The van der Waals surface area contributed by atoms with Crippen molar-refractivity contribution in [2.24, 2.45) is 0 Å².